The largest absolute Gasteiger partial charge is 0.480 e. The molecular weight excluding hydrogens is 376 g/mol. The van der Waals surface area contributed by atoms with Crippen molar-refractivity contribution in [3.05, 3.63) is 28.7 Å². The molecule has 0 saturated carbocycles. The Kier molecular flexibility index (Phi) is 5.64. The Balaban J connectivity index is 1.90. The Labute approximate surface area is 149 Å². The maximum Gasteiger partial charge on any atom is 0.318 e. The third-order valence-electron chi connectivity index (χ3n) is 4.33. The van der Waals surface area contributed by atoms with Crippen LogP contribution in [0, 0.1) is 11.3 Å². The average Bonchev–Trinajstić information content (AvgIpc) is 2.56. The highest BCUT2D eigenvalue weighted by atomic mass is 79.9. The first-order valence-electron chi connectivity index (χ1n) is 7.81. The van der Waals surface area contributed by atoms with Crippen molar-refractivity contribution in [2.75, 3.05) is 18.4 Å². The van der Waals surface area contributed by atoms with Crippen molar-refractivity contribution >= 4 is 39.4 Å². The van der Waals surface area contributed by atoms with E-state index < -0.39 is 17.3 Å². The van der Waals surface area contributed by atoms with Gasteiger partial charge in [0.2, 0.25) is 11.8 Å². The summed E-state index contributed by atoms with van der Waals surface area (Å²) in [5.74, 6) is -1.78. The Bertz CT molecular complexity index is 634. The lowest BCUT2D eigenvalue weighted by atomic mass is 9.89. The molecule has 1 aliphatic rings. The summed E-state index contributed by atoms with van der Waals surface area (Å²) in [7, 11) is 0. The molecule has 0 bridgehead atoms. The van der Waals surface area contributed by atoms with E-state index in [1.807, 2.05) is 24.3 Å². The van der Waals surface area contributed by atoms with Crippen LogP contribution < -0.4 is 5.32 Å². The van der Waals surface area contributed by atoms with E-state index in [-0.39, 0.29) is 11.8 Å². The molecule has 1 heterocycles. The molecule has 1 aromatic carbocycles. The van der Waals surface area contributed by atoms with Crippen molar-refractivity contribution in [1.29, 1.82) is 0 Å². The number of nitrogens with one attached hydrogen (secondary N) is 1. The van der Waals surface area contributed by atoms with Gasteiger partial charge in [-0.25, -0.2) is 0 Å². The summed E-state index contributed by atoms with van der Waals surface area (Å²) in [6, 6.07) is 7.34. The fourth-order valence-corrected chi connectivity index (χ4v) is 2.87. The maximum atomic E-state index is 12.3. The molecule has 0 aromatic heterocycles. The maximum absolute atomic E-state index is 12.3. The molecule has 2 amide bonds. The molecule has 24 heavy (non-hydrogen) atoms. The molecule has 6 nitrogen and oxygen atoms in total. The van der Waals surface area contributed by atoms with Gasteiger partial charge in [-0.1, -0.05) is 15.9 Å². The summed E-state index contributed by atoms with van der Waals surface area (Å²) < 4.78 is 0.938. The highest BCUT2D eigenvalue weighted by Gasteiger charge is 2.40. The van der Waals surface area contributed by atoms with Crippen LogP contribution in [0.15, 0.2) is 28.7 Å². The molecule has 0 spiro atoms. The molecule has 130 valence electrons. The van der Waals surface area contributed by atoms with Crippen molar-refractivity contribution < 1.29 is 19.5 Å². The summed E-state index contributed by atoms with van der Waals surface area (Å²) in [5, 5.41) is 12.0. The molecular formula is C17H21BrN2O4. The Morgan fingerprint density at radius 1 is 1.17 bits per heavy atom. The lowest BCUT2D eigenvalue weighted by molar-refractivity contribution is -0.159. The van der Waals surface area contributed by atoms with Gasteiger partial charge in [-0.15, -0.1) is 0 Å². The number of carboxylic acid groups (broad SMARTS) is 1. The van der Waals surface area contributed by atoms with Crippen LogP contribution in [0.4, 0.5) is 5.69 Å². The van der Waals surface area contributed by atoms with E-state index in [1.54, 1.807) is 0 Å². The predicted octanol–water partition coefficient (Wildman–Crippen LogP) is 2.74. The lowest BCUT2D eigenvalue weighted by Gasteiger charge is -2.35. The molecule has 0 unspecified atom stereocenters. The average molecular weight is 397 g/mol. The van der Waals surface area contributed by atoms with E-state index in [4.69, 9.17) is 5.11 Å². The predicted molar refractivity (Wildman–Crippen MR) is 93.5 cm³/mol. The zero-order valence-corrected chi connectivity index (χ0v) is 15.3. The number of hydrogen-bond acceptors (Lipinski definition) is 3. The van der Waals surface area contributed by atoms with Crippen molar-refractivity contribution in [3.8, 4) is 0 Å². The topological polar surface area (TPSA) is 86.7 Å². The van der Waals surface area contributed by atoms with E-state index in [0.717, 1.165) is 10.2 Å². The van der Waals surface area contributed by atoms with Crippen molar-refractivity contribution in [3.63, 3.8) is 0 Å². The monoisotopic (exact) mass is 396 g/mol. The minimum absolute atomic E-state index is 0.0677. The number of aliphatic carboxylic acids is 1. The number of rotatable bonds is 4. The quantitative estimate of drug-likeness (QED) is 0.765. The number of piperidine rings is 1. The number of nitrogens with zero attached hydrogens (tertiary/aromatic N) is 1. The number of halogens is 1. The number of anilines is 1. The van der Waals surface area contributed by atoms with Crippen LogP contribution in [0.5, 0.6) is 0 Å². The van der Waals surface area contributed by atoms with Crippen molar-refractivity contribution in [2.24, 2.45) is 11.3 Å². The van der Waals surface area contributed by atoms with Gasteiger partial charge in [0.1, 0.15) is 5.41 Å². The Morgan fingerprint density at radius 3 is 2.21 bits per heavy atom. The molecule has 1 saturated heterocycles. The van der Waals surface area contributed by atoms with Gasteiger partial charge < -0.3 is 15.3 Å². The summed E-state index contributed by atoms with van der Waals surface area (Å²) in [6.07, 6.45) is 1.06. The van der Waals surface area contributed by atoms with Crippen molar-refractivity contribution in [2.45, 2.75) is 26.7 Å². The number of benzene rings is 1. The summed E-state index contributed by atoms with van der Waals surface area (Å²) in [4.78, 5) is 37.3. The highest BCUT2D eigenvalue weighted by molar-refractivity contribution is 9.10. The molecule has 2 rings (SSSR count). The van der Waals surface area contributed by atoms with Gasteiger partial charge in [0.25, 0.3) is 0 Å². The number of carboxylic acids is 1. The number of amides is 2. The van der Waals surface area contributed by atoms with E-state index in [2.05, 4.69) is 21.2 Å². The first-order chi connectivity index (χ1) is 11.2. The second kappa shape index (κ2) is 7.34. The van der Waals surface area contributed by atoms with E-state index in [0.29, 0.717) is 25.9 Å². The van der Waals surface area contributed by atoms with Crippen LogP contribution in [0.25, 0.3) is 0 Å². The molecule has 1 aliphatic heterocycles. The summed E-state index contributed by atoms with van der Waals surface area (Å²) in [6.45, 7) is 3.61. The lowest BCUT2D eigenvalue weighted by Crippen LogP contribution is -2.49. The molecule has 7 heteroatoms. The minimum Gasteiger partial charge on any atom is -0.480 e. The fourth-order valence-electron chi connectivity index (χ4n) is 2.61. The number of carbonyl (C=O) groups excluding carboxylic acids is 2. The van der Waals surface area contributed by atoms with Gasteiger partial charge in [-0.05, 0) is 51.0 Å². The fraction of sp³-hybridized carbons (Fsp3) is 0.471. The smallest absolute Gasteiger partial charge is 0.318 e. The molecule has 0 aliphatic carbocycles. The van der Waals surface area contributed by atoms with E-state index in [1.165, 1.54) is 18.7 Å². The van der Waals surface area contributed by atoms with Crippen LogP contribution in [0.2, 0.25) is 0 Å². The van der Waals surface area contributed by atoms with E-state index in [9.17, 15) is 14.4 Å². The van der Waals surface area contributed by atoms with Gasteiger partial charge in [0, 0.05) is 29.2 Å². The van der Waals surface area contributed by atoms with Crippen LogP contribution in [0.1, 0.15) is 26.7 Å². The van der Waals surface area contributed by atoms with Gasteiger partial charge in [-0.3, -0.25) is 14.4 Å². The number of hydrogen-bond donors (Lipinski definition) is 2. The molecule has 1 fully saturated rings. The highest BCUT2D eigenvalue weighted by Crippen LogP contribution is 2.25. The molecule has 1 aromatic rings. The zero-order chi connectivity index (χ0) is 17.9. The van der Waals surface area contributed by atoms with Gasteiger partial charge in [0.05, 0.1) is 0 Å². The number of carbonyl (C=O) groups is 3. The SMILES string of the molecule is CC(C)(C(=O)O)C(=O)N1CCC(C(=O)Nc2ccc(Br)cc2)CC1. The third-order valence-corrected chi connectivity index (χ3v) is 4.86. The summed E-state index contributed by atoms with van der Waals surface area (Å²) >= 11 is 3.34. The van der Waals surface area contributed by atoms with Crippen molar-refractivity contribution in [1.82, 2.24) is 4.90 Å². The number of likely N-dealkylation sites (tertiary alicyclic amines) is 1. The molecule has 2 N–H and O–H groups in total. The standard InChI is InChI=1S/C17H21BrN2O4/c1-17(2,16(23)24)15(22)20-9-7-11(8-10-20)14(21)19-13-5-3-12(18)4-6-13/h3-6,11H,7-10H2,1-2H3,(H,19,21)(H,23,24). The summed E-state index contributed by atoms with van der Waals surface area (Å²) in [5.41, 5.74) is -0.708. The third kappa shape index (κ3) is 4.14. The normalized spacial score (nSPS) is 15.9. The second-order valence-corrected chi connectivity index (χ2v) is 7.41. The van der Waals surface area contributed by atoms with Gasteiger partial charge in [-0.2, -0.15) is 0 Å². The van der Waals surface area contributed by atoms with Crippen LogP contribution in [-0.4, -0.2) is 40.9 Å². The first kappa shape index (κ1) is 18.4. The zero-order valence-electron chi connectivity index (χ0n) is 13.7. The van der Waals surface area contributed by atoms with Gasteiger partial charge >= 0.3 is 5.97 Å². The first-order valence-corrected chi connectivity index (χ1v) is 8.60. The van der Waals surface area contributed by atoms with Crippen LogP contribution in [-0.2, 0) is 14.4 Å². The van der Waals surface area contributed by atoms with E-state index >= 15 is 0 Å². The Hall–Kier alpha value is -1.89. The minimum atomic E-state index is -1.44. The molecule has 0 atom stereocenters. The van der Waals surface area contributed by atoms with Crippen LogP contribution in [0.3, 0.4) is 0 Å². The second-order valence-electron chi connectivity index (χ2n) is 6.49. The van der Waals surface area contributed by atoms with Gasteiger partial charge in [0.15, 0.2) is 0 Å². The molecule has 0 radical (unpaired) electrons. The Morgan fingerprint density at radius 2 is 1.71 bits per heavy atom. The van der Waals surface area contributed by atoms with Crippen LogP contribution >= 0.6 is 15.9 Å².